The van der Waals surface area contributed by atoms with Crippen molar-refractivity contribution >= 4 is 27.7 Å². The van der Waals surface area contributed by atoms with Crippen molar-refractivity contribution in [3.8, 4) is 5.75 Å². The molecule has 0 unspecified atom stereocenters. The highest BCUT2D eigenvalue weighted by molar-refractivity contribution is 9.11. The van der Waals surface area contributed by atoms with Gasteiger partial charge in [-0.05, 0) is 12.1 Å². The lowest BCUT2D eigenvalue weighted by atomic mass is 10.3. The Labute approximate surface area is 102 Å². The van der Waals surface area contributed by atoms with Gasteiger partial charge in [-0.3, -0.25) is 4.90 Å². The highest BCUT2D eigenvalue weighted by Gasteiger charge is 2.13. The van der Waals surface area contributed by atoms with Crippen LogP contribution in [0, 0.1) is 0 Å². The topological polar surface area (TPSA) is 49.8 Å². The van der Waals surface area contributed by atoms with Crippen molar-refractivity contribution in [2.24, 2.45) is 0 Å². The van der Waals surface area contributed by atoms with Gasteiger partial charge in [0.05, 0.1) is 5.69 Å². The molecule has 0 heterocycles. The fourth-order valence-electron chi connectivity index (χ4n) is 1.12. The van der Waals surface area contributed by atoms with Gasteiger partial charge in [-0.2, -0.15) is 0 Å². The maximum absolute atomic E-state index is 10.8. The molecule has 1 amide bonds. The second kappa shape index (κ2) is 5.55. The van der Waals surface area contributed by atoms with Gasteiger partial charge < -0.3 is 9.84 Å². The maximum Gasteiger partial charge on any atom is 0.411 e. The number of halogens is 1. The normalized spacial score (nSPS) is 9.62. The van der Waals surface area contributed by atoms with Gasteiger partial charge in [0.2, 0.25) is 0 Å². The number of benzene rings is 1. The SMILES string of the molecule is C=C(Br)COc1ccccc1N(C)C(=O)O. The van der Waals surface area contributed by atoms with Crippen molar-refractivity contribution in [1.29, 1.82) is 0 Å². The van der Waals surface area contributed by atoms with Crippen LogP contribution in [-0.4, -0.2) is 24.9 Å². The van der Waals surface area contributed by atoms with E-state index in [1.54, 1.807) is 24.3 Å². The first-order valence-corrected chi connectivity index (χ1v) is 5.33. The Balaban J connectivity index is 2.91. The van der Waals surface area contributed by atoms with E-state index in [2.05, 4.69) is 22.5 Å². The minimum absolute atomic E-state index is 0.296. The molecule has 0 saturated heterocycles. The van der Waals surface area contributed by atoms with E-state index in [9.17, 15) is 4.79 Å². The number of rotatable bonds is 4. The fourth-order valence-corrected chi connectivity index (χ4v) is 1.23. The Morgan fingerprint density at radius 1 is 1.56 bits per heavy atom. The first-order chi connectivity index (χ1) is 7.52. The largest absolute Gasteiger partial charge is 0.486 e. The summed E-state index contributed by atoms with van der Waals surface area (Å²) in [6.45, 7) is 3.94. The summed E-state index contributed by atoms with van der Waals surface area (Å²) in [6.07, 6.45) is -1.03. The van der Waals surface area contributed by atoms with Crippen LogP contribution in [0.2, 0.25) is 0 Å². The Morgan fingerprint density at radius 3 is 2.75 bits per heavy atom. The molecule has 1 aromatic rings. The molecule has 0 saturated carbocycles. The molecule has 0 aromatic heterocycles. The van der Waals surface area contributed by atoms with Crippen LogP contribution in [0.1, 0.15) is 0 Å². The van der Waals surface area contributed by atoms with E-state index in [0.717, 1.165) is 4.90 Å². The lowest BCUT2D eigenvalue weighted by Gasteiger charge is -2.17. The summed E-state index contributed by atoms with van der Waals surface area (Å²) in [7, 11) is 1.47. The van der Waals surface area contributed by atoms with Crippen LogP contribution >= 0.6 is 15.9 Å². The standard InChI is InChI=1S/C11H12BrNO3/c1-8(12)7-16-10-6-4-3-5-9(10)13(2)11(14)15/h3-6H,1,7H2,2H3,(H,14,15). The van der Waals surface area contributed by atoms with Crippen LogP contribution < -0.4 is 9.64 Å². The van der Waals surface area contributed by atoms with Gasteiger partial charge in [0.15, 0.2) is 0 Å². The number of hydrogen-bond donors (Lipinski definition) is 1. The summed E-state index contributed by atoms with van der Waals surface area (Å²) in [4.78, 5) is 11.9. The zero-order valence-corrected chi connectivity index (χ0v) is 10.4. The van der Waals surface area contributed by atoms with Gasteiger partial charge in [0.25, 0.3) is 0 Å². The zero-order chi connectivity index (χ0) is 12.1. The first-order valence-electron chi connectivity index (χ1n) is 4.54. The molecule has 5 heteroatoms. The van der Waals surface area contributed by atoms with E-state index in [0.29, 0.717) is 22.5 Å². The summed E-state index contributed by atoms with van der Waals surface area (Å²) in [5.41, 5.74) is 0.503. The molecule has 0 atom stereocenters. The van der Waals surface area contributed by atoms with Crippen molar-refractivity contribution in [2.45, 2.75) is 0 Å². The second-order valence-electron chi connectivity index (χ2n) is 3.12. The quantitative estimate of drug-likeness (QED) is 0.925. The van der Waals surface area contributed by atoms with Crippen LogP contribution in [0.3, 0.4) is 0 Å². The smallest absolute Gasteiger partial charge is 0.411 e. The van der Waals surface area contributed by atoms with Crippen LogP contribution in [0.4, 0.5) is 10.5 Å². The van der Waals surface area contributed by atoms with E-state index in [-0.39, 0.29) is 0 Å². The summed E-state index contributed by atoms with van der Waals surface area (Å²) in [6, 6.07) is 6.93. The molecule has 0 bridgehead atoms. The van der Waals surface area contributed by atoms with Gasteiger partial charge in [0, 0.05) is 11.5 Å². The zero-order valence-electron chi connectivity index (χ0n) is 8.81. The Kier molecular flexibility index (Phi) is 4.37. The molecule has 0 fully saturated rings. The molecule has 1 aromatic carbocycles. The molecule has 0 aliphatic carbocycles. The number of amides is 1. The minimum atomic E-state index is -1.03. The summed E-state index contributed by atoms with van der Waals surface area (Å²) >= 11 is 3.17. The van der Waals surface area contributed by atoms with E-state index in [1.165, 1.54) is 7.05 Å². The van der Waals surface area contributed by atoms with E-state index in [1.807, 2.05) is 0 Å². The number of nitrogens with zero attached hydrogens (tertiary/aromatic N) is 1. The third-order valence-electron chi connectivity index (χ3n) is 1.90. The van der Waals surface area contributed by atoms with Crippen molar-refractivity contribution < 1.29 is 14.6 Å². The number of hydrogen-bond acceptors (Lipinski definition) is 2. The Morgan fingerprint density at radius 2 is 2.19 bits per heavy atom. The number of ether oxygens (including phenoxy) is 1. The number of carbonyl (C=O) groups is 1. The van der Waals surface area contributed by atoms with E-state index in [4.69, 9.17) is 9.84 Å². The molecule has 16 heavy (non-hydrogen) atoms. The van der Waals surface area contributed by atoms with E-state index >= 15 is 0 Å². The molecule has 0 aliphatic heterocycles. The van der Waals surface area contributed by atoms with Crippen molar-refractivity contribution in [1.82, 2.24) is 0 Å². The summed E-state index contributed by atoms with van der Waals surface area (Å²) in [5.74, 6) is 0.507. The first kappa shape index (κ1) is 12.6. The third kappa shape index (κ3) is 3.27. The van der Waals surface area contributed by atoms with Crippen molar-refractivity contribution in [3.05, 3.63) is 35.3 Å². The molecule has 0 radical (unpaired) electrons. The Bertz CT molecular complexity index is 406. The minimum Gasteiger partial charge on any atom is -0.486 e. The predicted molar refractivity (Wildman–Crippen MR) is 66.4 cm³/mol. The monoisotopic (exact) mass is 285 g/mol. The molecule has 1 rings (SSSR count). The van der Waals surface area contributed by atoms with Crippen LogP contribution in [0.15, 0.2) is 35.3 Å². The molecule has 0 aliphatic rings. The van der Waals surface area contributed by atoms with Gasteiger partial charge in [-0.1, -0.05) is 34.6 Å². The van der Waals surface area contributed by atoms with Crippen molar-refractivity contribution in [3.63, 3.8) is 0 Å². The van der Waals surface area contributed by atoms with Gasteiger partial charge in [0.1, 0.15) is 12.4 Å². The highest BCUT2D eigenvalue weighted by Crippen LogP contribution is 2.27. The maximum atomic E-state index is 10.8. The Hall–Kier alpha value is -1.49. The van der Waals surface area contributed by atoms with Crippen molar-refractivity contribution in [2.75, 3.05) is 18.6 Å². The predicted octanol–water partition coefficient (Wildman–Crippen LogP) is 3.09. The summed E-state index contributed by atoms with van der Waals surface area (Å²) in [5, 5.41) is 8.88. The second-order valence-corrected chi connectivity index (χ2v) is 4.24. The average Bonchev–Trinajstić information content (AvgIpc) is 2.25. The number of carboxylic acid groups (broad SMARTS) is 1. The molecule has 1 N–H and O–H groups in total. The lowest BCUT2D eigenvalue weighted by Crippen LogP contribution is -2.24. The highest BCUT2D eigenvalue weighted by atomic mass is 79.9. The molecule has 86 valence electrons. The number of anilines is 1. The van der Waals surface area contributed by atoms with Crippen LogP contribution in [-0.2, 0) is 0 Å². The molecular weight excluding hydrogens is 274 g/mol. The van der Waals surface area contributed by atoms with Gasteiger partial charge >= 0.3 is 6.09 Å². The van der Waals surface area contributed by atoms with Gasteiger partial charge in [-0.25, -0.2) is 4.79 Å². The number of para-hydroxylation sites is 2. The third-order valence-corrected chi connectivity index (χ3v) is 2.13. The van der Waals surface area contributed by atoms with E-state index < -0.39 is 6.09 Å². The van der Waals surface area contributed by atoms with Crippen LogP contribution in [0.5, 0.6) is 5.75 Å². The summed E-state index contributed by atoms with van der Waals surface area (Å²) < 4.78 is 6.11. The molecule has 4 nitrogen and oxygen atoms in total. The average molecular weight is 286 g/mol. The lowest BCUT2D eigenvalue weighted by molar-refractivity contribution is 0.203. The van der Waals surface area contributed by atoms with Crippen LogP contribution in [0.25, 0.3) is 0 Å². The molecule has 0 spiro atoms. The van der Waals surface area contributed by atoms with Gasteiger partial charge in [-0.15, -0.1) is 0 Å². The molecular formula is C11H12BrNO3. The fraction of sp³-hybridized carbons (Fsp3) is 0.182.